The maximum Gasteiger partial charge on any atom is 0.171 e. The van der Waals surface area contributed by atoms with E-state index in [0.717, 1.165) is 12.3 Å². The maximum absolute atomic E-state index is 5.46. The van der Waals surface area contributed by atoms with Crippen molar-refractivity contribution < 1.29 is 13.9 Å². The molecule has 1 aromatic rings. The highest BCUT2D eigenvalue weighted by Crippen LogP contribution is 2.17. The third kappa shape index (κ3) is 4.10. The summed E-state index contributed by atoms with van der Waals surface area (Å²) in [4.78, 5) is 2.12. The number of furan rings is 1. The molecule has 1 heterocycles. The van der Waals surface area contributed by atoms with Crippen LogP contribution in [-0.2, 0) is 9.47 Å². The Hall–Kier alpha value is -0.880. The quantitative estimate of drug-likeness (QED) is 0.714. The summed E-state index contributed by atoms with van der Waals surface area (Å²) < 4.78 is 15.9. The Morgan fingerprint density at radius 1 is 1.33 bits per heavy atom. The molecule has 0 spiro atoms. The van der Waals surface area contributed by atoms with Gasteiger partial charge in [0.1, 0.15) is 5.76 Å². The van der Waals surface area contributed by atoms with Gasteiger partial charge >= 0.3 is 0 Å². The highest BCUT2D eigenvalue weighted by molar-refractivity contribution is 5.05. The zero-order valence-corrected chi connectivity index (χ0v) is 11.8. The monoisotopic (exact) mass is 256 g/mol. The maximum atomic E-state index is 5.46. The molecule has 0 aliphatic heterocycles. The van der Waals surface area contributed by atoms with Crippen LogP contribution in [0.4, 0.5) is 0 Å². The van der Waals surface area contributed by atoms with Crippen molar-refractivity contribution in [1.82, 2.24) is 10.2 Å². The van der Waals surface area contributed by atoms with E-state index in [1.165, 1.54) is 0 Å². The predicted octanol–water partition coefficient (Wildman–Crippen LogP) is 1.48. The Kier molecular flexibility index (Phi) is 6.35. The van der Waals surface area contributed by atoms with E-state index in [9.17, 15) is 0 Å². The van der Waals surface area contributed by atoms with Gasteiger partial charge in [0.05, 0.1) is 18.3 Å². The Bertz CT molecular complexity index is 310. The molecule has 1 N–H and O–H groups in total. The summed E-state index contributed by atoms with van der Waals surface area (Å²) in [6.45, 7) is 2.80. The summed E-state index contributed by atoms with van der Waals surface area (Å²) in [5, 5.41) is 3.40. The zero-order valence-electron chi connectivity index (χ0n) is 11.8. The molecule has 0 saturated carbocycles. The fourth-order valence-electron chi connectivity index (χ4n) is 1.92. The second-order valence-corrected chi connectivity index (χ2v) is 4.53. The van der Waals surface area contributed by atoms with E-state index in [1.807, 2.05) is 33.2 Å². The minimum Gasteiger partial charge on any atom is -0.468 e. The molecule has 0 aliphatic rings. The standard InChI is InChI=1S/C13H24N2O3/c1-10(13(16-4)17-5)14-9-11(15(2)3)12-7-6-8-18-12/h6-8,10-11,13-14H,9H2,1-5H3. The lowest BCUT2D eigenvalue weighted by Gasteiger charge is -2.27. The van der Waals surface area contributed by atoms with Crippen LogP contribution in [-0.4, -0.2) is 52.1 Å². The fourth-order valence-corrected chi connectivity index (χ4v) is 1.92. The van der Waals surface area contributed by atoms with Crippen LogP contribution in [0.25, 0.3) is 0 Å². The summed E-state index contributed by atoms with van der Waals surface area (Å²) in [5.41, 5.74) is 0. The lowest BCUT2D eigenvalue weighted by molar-refractivity contribution is -0.119. The lowest BCUT2D eigenvalue weighted by Crippen LogP contribution is -2.43. The van der Waals surface area contributed by atoms with Gasteiger partial charge in [0.2, 0.25) is 0 Å². The number of likely N-dealkylation sites (N-methyl/N-ethyl adjacent to an activating group) is 1. The van der Waals surface area contributed by atoms with Crippen molar-refractivity contribution in [2.24, 2.45) is 0 Å². The van der Waals surface area contributed by atoms with Crippen molar-refractivity contribution in [3.05, 3.63) is 24.2 Å². The molecule has 2 atom stereocenters. The van der Waals surface area contributed by atoms with Gasteiger partial charge in [-0.05, 0) is 33.2 Å². The summed E-state index contributed by atoms with van der Waals surface area (Å²) in [6, 6.07) is 4.19. The van der Waals surface area contributed by atoms with Crippen LogP contribution in [0.3, 0.4) is 0 Å². The van der Waals surface area contributed by atoms with Gasteiger partial charge in [-0.3, -0.25) is 4.90 Å². The minimum atomic E-state index is -0.246. The highest BCUT2D eigenvalue weighted by atomic mass is 16.7. The average Bonchev–Trinajstić information content (AvgIpc) is 2.84. The smallest absolute Gasteiger partial charge is 0.171 e. The second-order valence-electron chi connectivity index (χ2n) is 4.53. The number of hydrogen-bond donors (Lipinski definition) is 1. The van der Waals surface area contributed by atoms with Crippen molar-refractivity contribution >= 4 is 0 Å². The topological polar surface area (TPSA) is 46.9 Å². The van der Waals surface area contributed by atoms with Gasteiger partial charge in [-0.25, -0.2) is 0 Å². The summed E-state index contributed by atoms with van der Waals surface area (Å²) in [5.74, 6) is 0.950. The fraction of sp³-hybridized carbons (Fsp3) is 0.692. The zero-order chi connectivity index (χ0) is 13.5. The Balaban J connectivity index is 2.53. The Morgan fingerprint density at radius 3 is 2.44 bits per heavy atom. The van der Waals surface area contributed by atoms with E-state index in [1.54, 1.807) is 20.5 Å². The van der Waals surface area contributed by atoms with Crippen LogP contribution in [0.5, 0.6) is 0 Å². The molecular weight excluding hydrogens is 232 g/mol. The number of ether oxygens (including phenoxy) is 2. The van der Waals surface area contributed by atoms with Crippen molar-refractivity contribution in [3.8, 4) is 0 Å². The second kappa shape index (κ2) is 7.53. The molecule has 1 aromatic heterocycles. The normalized spacial score (nSPS) is 15.3. The first-order chi connectivity index (χ1) is 8.60. The molecule has 5 nitrogen and oxygen atoms in total. The molecule has 0 aromatic carbocycles. The number of methoxy groups -OCH3 is 2. The van der Waals surface area contributed by atoms with Crippen LogP contribution in [0.15, 0.2) is 22.8 Å². The number of nitrogens with zero attached hydrogens (tertiary/aromatic N) is 1. The first-order valence-electron chi connectivity index (χ1n) is 6.09. The number of nitrogens with one attached hydrogen (secondary N) is 1. The van der Waals surface area contributed by atoms with Crippen molar-refractivity contribution in [2.45, 2.75) is 25.3 Å². The van der Waals surface area contributed by atoms with E-state index < -0.39 is 0 Å². The minimum absolute atomic E-state index is 0.109. The van der Waals surface area contributed by atoms with Crippen LogP contribution in [0.1, 0.15) is 18.7 Å². The van der Waals surface area contributed by atoms with E-state index in [4.69, 9.17) is 13.9 Å². The molecule has 0 radical (unpaired) electrons. The summed E-state index contributed by atoms with van der Waals surface area (Å²) >= 11 is 0. The van der Waals surface area contributed by atoms with E-state index >= 15 is 0 Å². The Labute approximate surface area is 109 Å². The molecule has 104 valence electrons. The molecule has 1 rings (SSSR count). The van der Waals surface area contributed by atoms with Crippen LogP contribution in [0, 0.1) is 0 Å². The van der Waals surface area contributed by atoms with Crippen molar-refractivity contribution in [1.29, 1.82) is 0 Å². The molecule has 0 bridgehead atoms. The van der Waals surface area contributed by atoms with Crippen LogP contribution in [0.2, 0.25) is 0 Å². The van der Waals surface area contributed by atoms with Crippen molar-refractivity contribution in [3.63, 3.8) is 0 Å². The SMILES string of the molecule is COC(OC)C(C)NCC(c1ccco1)N(C)C. The van der Waals surface area contributed by atoms with Crippen LogP contribution >= 0.6 is 0 Å². The third-order valence-corrected chi connectivity index (χ3v) is 3.00. The van der Waals surface area contributed by atoms with Gasteiger partial charge in [0.25, 0.3) is 0 Å². The molecule has 0 saturated heterocycles. The molecule has 0 aliphatic carbocycles. The number of hydrogen-bond acceptors (Lipinski definition) is 5. The Morgan fingerprint density at radius 2 is 2.00 bits per heavy atom. The van der Waals surface area contributed by atoms with E-state index in [0.29, 0.717) is 0 Å². The largest absolute Gasteiger partial charge is 0.468 e. The van der Waals surface area contributed by atoms with Gasteiger partial charge < -0.3 is 19.2 Å². The van der Waals surface area contributed by atoms with Gasteiger partial charge in [-0.15, -0.1) is 0 Å². The molecular formula is C13H24N2O3. The van der Waals surface area contributed by atoms with E-state index in [2.05, 4.69) is 10.2 Å². The molecule has 5 heteroatoms. The average molecular weight is 256 g/mol. The predicted molar refractivity (Wildman–Crippen MR) is 70.4 cm³/mol. The first-order valence-corrected chi connectivity index (χ1v) is 6.09. The molecule has 18 heavy (non-hydrogen) atoms. The van der Waals surface area contributed by atoms with Gasteiger partial charge in [0.15, 0.2) is 6.29 Å². The number of rotatable bonds is 8. The van der Waals surface area contributed by atoms with Gasteiger partial charge in [-0.2, -0.15) is 0 Å². The highest BCUT2D eigenvalue weighted by Gasteiger charge is 2.20. The van der Waals surface area contributed by atoms with Gasteiger partial charge in [0, 0.05) is 20.8 Å². The van der Waals surface area contributed by atoms with E-state index in [-0.39, 0.29) is 18.4 Å². The molecule has 0 fully saturated rings. The van der Waals surface area contributed by atoms with Crippen molar-refractivity contribution in [2.75, 3.05) is 34.9 Å². The van der Waals surface area contributed by atoms with Crippen LogP contribution < -0.4 is 5.32 Å². The first kappa shape index (κ1) is 15.2. The summed E-state index contributed by atoms with van der Waals surface area (Å²) in [6.07, 6.45) is 1.45. The molecule has 2 unspecified atom stereocenters. The third-order valence-electron chi connectivity index (χ3n) is 3.00. The molecule has 0 amide bonds. The van der Waals surface area contributed by atoms with Gasteiger partial charge in [-0.1, -0.05) is 0 Å². The summed E-state index contributed by atoms with van der Waals surface area (Å²) in [7, 11) is 7.35. The lowest BCUT2D eigenvalue weighted by atomic mass is 10.2.